The lowest BCUT2D eigenvalue weighted by molar-refractivity contribution is -0.149. The lowest BCUT2D eigenvalue weighted by Crippen LogP contribution is -2.30. The molecule has 1 N–H and O–H groups in total. The van der Waals surface area contributed by atoms with Crippen LogP contribution in [-0.4, -0.2) is 38.9 Å². The lowest BCUT2D eigenvalue weighted by atomic mass is 9.97. The number of hydrogen-bond donors (Lipinski definition) is 1. The summed E-state index contributed by atoms with van der Waals surface area (Å²) in [5, 5.41) is 3.37. The Balaban J connectivity index is 1.90. The molecule has 100 valence electrons. The van der Waals surface area contributed by atoms with Crippen molar-refractivity contribution in [2.45, 2.75) is 39.0 Å². The van der Waals surface area contributed by atoms with Crippen molar-refractivity contribution in [2.24, 2.45) is 5.92 Å². The first-order valence-electron chi connectivity index (χ1n) is 6.77. The quantitative estimate of drug-likeness (QED) is 0.521. The monoisotopic (exact) mass is 243 g/mol. The molecular formula is C13H25NO3. The molecule has 1 unspecified atom stereocenters. The molecule has 0 spiro atoms. The molecular weight excluding hydrogens is 218 g/mol. The van der Waals surface area contributed by atoms with Gasteiger partial charge >= 0.3 is 5.97 Å². The Morgan fingerprint density at radius 3 is 3.00 bits per heavy atom. The van der Waals surface area contributed by atoms with Crippen LogP contribution >= 0.6 is 0 Å². The van der Waals surface area contributed by atoms with Crippen molar-refractivity contribution in [3.63, 3.8) is 0 Å². The minimum absolute atomic E-state index is 0.101. The summed E-state index contributed by atoms with van der Waals surface area (Å²) in [4.78, 5) is 11.2. The van der Waals surface area contributed by atoms with Crippen molar-refractivity contribution in [1.29, 1.82) is 0 Å². The van der Waals surface area contributed by atoms with Crippen molar-refractivity contribution >= 4 is 5.97 Å². The number of hydrogen-bond acceptors (Lipinski definition) is 4. The van der Waals surface area contributed by atoms with Gasteiger partial charge < -0.3 is 14.8 Å². The van der Waals surface area contributed by atoms with Crippen LogP contribution in [0, 0.1) is 5.92 Å². The Labute approximate surface area is 104 Å². The summed E-state index contributed by atoms with van der Waals surface area (Å²) in [5.41, 5.74) is 0. The van der Waals surface area contributed by atoms with Gasteiger partial charge in [-0.2, -0.15) is 0 Å². The summed E-state index contributed by atoms with van der Waals surface area (Å²) in [6.45, 7) is 5.58. The predicted octanol–water partition coefficient (Wildman–Crippen LogP) is 1.74. The van der Waals surface area contributed by atoms with E-state index >= 15 is 0 Å². The van der Waals surface area contributed by atoms with Crippen molar-refractivity contribution in [3.05, 3.63) is 0 Å². The average molecular weight is 243 g/mol. The molecule has 0 aromatic heterocycles. The Hall–Kier alpha value is -0.610. The zero-order chi connectivity index (χ0) is 12.3. The third-order valence-corrected chi connectivity index (χ3v) is 3.05. The standard InChI is InChI=1S/C13H25NO3/c1-2-3-8-17-13(15)11-16-9-6-12-5-4-7-14-10-12/h12,14H,2-11H2,1H3. The highest BCUT2D eigenvalue weighted by molar-refractivity contribution is 5.70. The van der Waals surface area contributed by atoms with Crippen LogP contribution in [0.25, 0.3) is 0 Å². The largest absolute Gasteiger partial charge is 0.464 e. The fourth-order valence-corrected chi connectivity index (χ4v) is 1.95. The highest BCUT2D eigenvalue weighted by atomic mass is 16.6. The van der Waals surface area contributed by atoms with Crippen molar-refractivity contribution < 1.29 is 14.3 Å². The summed E-state index contributed by atoms with van der Waals surface area (Å²) in [6.07, 6.45) is 5.54. The van der Waals surface area contributed by atoms with Gasteiger partial charge in [-0.25, -0.2) is 4.79 Å². The maximum atomic E-state index is 11.2. The zero-order valence-corrected chi connectivity index (χ0v) is 10.9. The fraction of sp³-hybridized carbons (Fsp3) is 0.923. The highest BCUT2D eigenvalue weighted by Gasteiger charge is 2.12. The van der Waals surface area contributed by atoms with E-state index in [1.165, 1.54) is 12.8 Å². The van der Waals surface area contributed by atoms with Gasteiger partial charge in [-0.3, -0.25) is 0 Å². The van der Waals surface area contributed by atoms with E-state index in [1.807, 2.05) is 0 Å². The van der Waals surface area contributed by atoms with E-state index < -0.39 is 0 Å². The van der Waals surface area contributed by atoms with Gasteiger partial charge in [-0.15, -0.1) is 0 Å². The third kappa shape index (κ3) is 7.34. The van der Waals surface area contributed by atoms with Gasteiger partial charge in [-0.1, -0.05) is 13.3 Å². The molecule has 1 aliphatic heterocycles. The smallest absolute Gasteiger partial charge is 0.332 e. The zero-order valence-electron chi connectivity index (χ0n) is 10.9. The molecule has 0 amide bonds. The first-order valence-corrected chi connectivity index (χ1v) is 6.77. The molecule has 0 aromatic rings. The average Bonchev–Trinajstić information content (AvgIpc) is 2.36. The van der Waals surface area contributed by atoms with Gasteiger partial charge in [0.2, 0.25) is 0 Å². The highest BCUT2D eigenvalue weighted by Crippen LogP contribution is 2.13. The summed E-state index contributed by atoms with van der Waals surface area (Å²) < 4.78 is 10.3. The van der Waals surface area contributed by atoms with Crippen LogP contribution < -0.4 is 5.32 Å². The normalized spacial score (nSPS) is 20.2. The van der Waals surface area contributed by atoms with Gasteiger partial charge in [0.25, 0.3) is 0 Å². The molecule has 1 saturated heterocycles. The minimum Gasteiger partial charge on any atom is -0.464 e. The molecule has 0 aromatic carbocycles. The number of carbonyl (C=O) groups excluding carboxylic acids is 1. The van der Waals surface area contributed by atoms with Crippen LogP contribution in [0.3, 0.4) is 0 Å². The van der Waals surface area contributed by atoms with Crippen molar-refractivity contribution in [1.82, 2.24) is 5.32 Å². The lowest BCUT2D eigenvalue weighted by Gasteiger charge is -2.22. The van der Waals surface area contributed by atoms with Gasteiger partial charge in [0.1, 0.15) is 6.61 Å². The molecule has 1 aliphatic rings. The van der Waals surface area contributed by atoms with E-state index in [0.717, 1.165) is 32.4 Å². The summed E-state index contributed by atoms with van der Waals surface area (Å²) >= 11 is 0. The minimum atomic E-state index is -0.236. The molecule has 1 rings (SSSR count). The van der Waals surface area contributed by atoms with Gasteiger partial charge in [0.05, 0.1) is 6.61 Å². The Kier molecular flexibility index (Phi) is 8.01. The second-order valence-corrected chi connectivity index (χ2v) is 4.63. The molecule has 0 bridgehead atoms. The number of unbranched alkanes of at least 4 members (excludes halogenated alkanes) is 1. The molecule has 17 heavy (non-hydrogen) atoms. The molecule has 4 heteroatoms. The topological polar surface area (TPSA) is 47.6 Å². The van der Waals surface area contributed by atoms with E-state index in [2.05, 4.69) is 12.2 Å². The number of nitrogens with one attached hydrogen (secondary N) is 1. The van der Waals surface area contributed by atoms with Crippen molar-refractivity contribution in [3.8, 4) is 0 Å². The first-order chi connectivity index (χ1) is 8.33. The van der Waals surface area contributed by atoms with Crippen LogP contribution in [-0.2, 0) is 14.3 Å². The predicted molar refractivity (Wildman–Crippen MR) is 66.9 cm³/mol. The number of rotatable bonds is 8. The Morgan fingerprint density at radius 2 is 2.29 bits per heavy atom. The van der Waals surface area contributed by atoms with E-state index in [9.17, 15) is 4.79 Å². The summed E-state index contributed by atoms with van der Waals surface area (Å²) in [6, 6.07) is 0. The van der Waals surface area contributed by atoms with Gasteiger partial charge in [0.15, 0.2) is 0 Å². The molecule has 1 fully saturated rings. The second kappa shape index (κ2) is 9.42. The van der Waals surface area contributed by atoms with Crippen molar-refractivity contribution in [2.75, 3.05) is 32.9 Å². The SMILES string of the molecule is CCCCOC(=O)COCCC1CCCNC1. The summed E-state index contributed by atoms with van der Waals surface area (Å²) in [5.74, 6) is 0.472. The van der Waals surface area contributed by atoms with Crippen LogP contribution in [0.5, 0.6) is 0 Å². The Bertz CT molecular complexity index is 203. The number of esters is 1. The summed E-state index contributed by atoms with van der Waals surface area (Å²) in [7, 11) is 0. The van der Waals surface area contributed by atoms with E-state index in [0.29, 0.717) is 19.1 Å². The van der Waals surface area contributed by atoms with Crippen LogP contribution in [0.2, 0.25) is 0 Å². The van der Waals surface area contributed by atoms with E-state index in [4.69, 9.17) is 9.47 Å². The maximum Gasteiger partial charge on any atom is 0.332 e. The number of ether oxygens (including phenoxy) is 2. The number of carbonyl (C=O) groups is 1. The van der Waals surface area contributed by atoms with Crippen LogP contribution in [0.4, 0.5) is 0 Å². The third-order valence-electron chi connectivity index (χ3n) is 3.05. The molecule has 1 heterocycles. The second-order valence-electron chi connectivity index (χ2n) is 4.63. The Morgan fingerprint density at radius 1 is 1.41 bits per heavy atom. The molecule has 0 radical (unpaired) electrons. The molecule has 4 nitrogen and oxygen atoms in total. The van der Waals surface area contributed by atoms with Crippen LogP contribution in [0.15, 0.2) is 0 Å². The van der Waals surface area contributed by atoms with Gasteiger partial charge in [-0.05, 0) is 44.7 Å². The van der Waals surface area contributed by atoms with Gasteiger partial charge in [0, 0.05) is 6.61 Å². The van der Waals surface area contributed by atoms with E-state index in [-0.39, 0.29) is 12.6 Å². The van der Waals surface area contributed by atoms with E-state index in [1.54, 1.807) is 0 Å². The van der Waals surface area contributed by atoms with Crippen LogP contribution in [0.1, 0.15) is 39.0 Å². The number of piperidine rings is 1. The molecule has 0 aliphatic carbocycles. The molecule has 0 saturated carbocycles. The first kappa shape index (κ1) is 14.5. The maximum absolute atomic E-state index is 11.2. The molecule has 1 atom stereocenters. The fourth-order valence-electron chi connectivity index (χ4n) is 1.95.